The molecule has 0 fully saturated rings. The van der Waals surface area contributed by atoms with Crippen molar-refractivity contribution in [3.05, 3.63) is 48.6 Å². The number of hydrogen-bond acceptors (Lipinski definition) is 2. The summed E-state index contributed by atoms with van der Waals surface area (Å²) in [5, 5.41) is 12.5. The molecule has 2 heteroatoms. The maximum absolute atomic E-state index is 8.95. The van der Waals surface area contributed by atoms with Crippen molar-refractivity contribution in [3.8, 4) is 0 Å². The summed E-state index contributed by atoms with van der Waals surface area (Å²) in [4.78, 5) is 0. The molecule has 0 spiro atoms. The number of hydrogen-bond donors (Lipinski definition) is 2. The Morgan fingerprint density at radius 1 is 1.25 bits per heavy atom. The molecule has 0 bridgehead atoms. The normalized spacial score (nSPS) is 13.9. The highest BCUT2D eigenvalue weighted by Gasteiger charge is 2.21. The minimum atomic E-state index is 0.249. The van der Waals surface area contributed by atoms with E-state index in [1.54, 1.807) is 0 Å². The topological polar surface area (TPSA) is 32.3 Å². The SMILES string of the molecule is C=CCC(NCCCO)C(CCCC)c1ccccc1. The van der Waals surface area contributed by atoms with Crippen LogP contribution in [0.2, 0.25) is 0 Å². The van der Waals surface area contributed by atoms with Gasteiger partial charge in [0, 0.05) is 12.6 Å². The molecule has 1 aromatic carbocycles. The van der Waals surface area contributed by atoms with Crippen molar-refractivity contribution in [2.75, 3.05) is 13.2 Å². The van der Waals surface area contributed by atoms with Crippen LogP contribution >= 0.6 is 0 Å². The Morgan fingerprint density at radius 2 is 2.00 bits per heavy atom. The molecule has 2 N–H and O–H groups in total. The van der Waals surface area contributed by atoms with E-state index in [-0.39, 0.29) is 6.61 Å². The highest BCUT2D eigenvalue weighted by Crippen LogP contribution is 2.27. The molecule has 0 radical (unpaired) electrons. The van der Waals surface area contributed by atoms with Crippen LogP contribution in [0.25, 0.3) is 0 Å². The van der Waals surface area contributed by atoms with E-state index < -0.39 is 0 Å². The monoisotopic (exact) mass is 275 g/mol. The van der Waals surface area contributed by atoms with Gasteiger partial charge in [-0.15, -0.1) is 6.58 Å². The van der Waals surface area contributed by atoms with Crippen LogP contribution in [0.5, 0.6) is 0 Å². The van der Waals surface area contributed by atoms with E-state index in [4.69, 9.17) is 5.11 Å². The van der Waals surface area contributed by atoms with Crippen molar-refractivity contribution in [3.63, 3.8) is 0 Å². The standard InChI is InChI=1S/C18H29NO/c1-3-5-13-17(16-11-7-6-8-12-16)18(10-4-2)19-14-9-15-20/h4,6-8,11-12,17-20H,2-3,5,9-10,13-15H2,1H3. The van der Waals surface area contributed by atoms with Gasteiger partial charge in [0.25, 0.3) is 0 Å². The van der Waals surface area contributed by atoms with Crippen LogP contribution in [-0.2, 0) is 0 Å². The smallest absolute Gasteiger partial charge is 0.0443 e. The molecular formula is C18H29NO. The molecule has 2 nitrogen and oxygen atoms in total. The van der Waals surface area contributed by atoms with Crippen molar-refractivity contribution < 1.29 is 5.11 Å². The van der Waals surface area contributed by atoms with E-state index in [0.717, 1.165) is 19.4 Å². The van der Waals surface area contributed by atoms with E-state index in [0.29, 0.717) is 12.0 Å². The van der Waals surface area contributed by atoms with E-state index in [1.807, 2.05) is 6.08 Å². The summed E-state index contributed by atoms with van der Waals surface area (Å²) in [6.45, 7) is 7.25. The zero-order valence-corrected chi connectivity index (χ0v) is 12.7. The fourth-order valence-electron chi connectivity index (χ4n) is 2.66. The zero-order valence-electron chi connectivity index (χ0n) is 12.7. The maximum atomic E-state index is 8.95. The molecule has 0 aromatic heterocycles. The predicted molar refractivity (Wildman–Crippen MR) is 87.0 cm³/mol. The minimum Gasteiger partial charge on any atom is -0.396 e. The minimum absolute atomic E-state index is 0.249. The number of aliphatic hydroxyl groups excluding tert-OH is 1. The van der Waals surface area contributed by atoms with Gasteiger partial charge in [-0.05, 0) is 37.3 Å². The van der Waals surface area contributed by atoms with Crippen LogP contribution in [0.1, 0.15) is 50.5 Å². The summed E-state index contributed by atoms with van der Waals surface area (Å²) < 4.78 is 0. The van der Waals surface area contributed by atoms with Crippen LogP contribution in [-0.4, -0.2) is 24.3 Å². The average Bonchev–Trinajstić information content (AvgIpc) is 2.49. The third-order valence-electron chi connectivity index (χ3n) is 3.74. The molecule has 1 aromatic rings. The van der Waals surface area contributed by atoms with Gasteiger partial charge in [-0.2, -0.15) is 0 Å². The van der Waals surface area contributed by atoms with Crippen LogP contribution in [0.3, 0.4) is 0 Å². The Labute approximate surface area is 123 Å². The predicted octanol–water partition coefficient (Wildman–Crippen LogP) is 3.88. The van der Waals surface area contributed by atoms with Gasteiger partial charge in [0.1, 0.15) is 0 Å². The lowest BCUT2D eigenvalue weighted by molar-refractivity contribution is 0.279. The zero-order chi connectivity index (χ0) is 14.6. The lowest BCUT2D eigenvalue weighted by Crippen LogP contribution is -2.35. The summed E-state index contributed by atoms with van der Waals surface area (Å²) in [6, 6.07) is 11.2. The van der Waals surface area contributed by atoms with Crippen molar-refractivity contribution in [2.24, 2.45) is 0 Å². The highest BCUT2D eigenvalue weighted by molar-refractivity contribution is 5.21. The Bertz CT molecular complexity index is 350. The van der Waals surface area contributed by atoms with Gasteiger partial charge in [-0.25, -0.2) is 0 Å². The van der Waals surface area contributed by atoms with Gasteiger partial charge in [0.2, 0.25) is 0 Å². The summed E-state index contributed by atoms with van der Waals surface area (Å²) in [7, 11) is 0. The van der Waals surface area contributed by atoms with Crippen LogP contribution in [0, 0.1) is 0 Å². The molecule has 0 amide bonds. The fraction of sp³-hybridized carbons (Fsp3) is 0.556. The van der Waals surface area contributed by atoms with Gasteiger partial charge in [0.15, 0.2) is 0 Å². The second-order valence-corrected chi connectivity index (χ2v) is 5.32. The molecule has 2 unspecified atom stereocenters. The lowest BCUT2D eigenvalue weighted by atomic mass is 9.85. The Balaban J connectivity index is 2.77. The van der Waals surface area contributed by atoms with Crippen molar-refractivity contribution >= 4 is 0 Å². The van der Waals surface area contributed by atoms with E-state index in [9.17, 15) is 0 Å². The van der Waals surface area contributed by atoms with E-state index in [2.05, 4.69) is 49.2 Å². The first kappa shape index (κ1) is 16.9. The van der Waals surface area contributed by atoms with Crippen LogP contribution in [0.15, 0.2) is 43.0 Å². The first-order valence-corrected chi connectivity index (χ1v) is 7.83. The molecule has 1 rings (SSSR count). The summed E-state index contributed by atoms with van der Waals surface area (Å²) >= 11 is 0. The molecule has 0 saturated heterocycles. The third-order valence-corrected chi connectivity index (χ3v) is 3.74. The molecule has 0 aliphatic rings. The van der Waals surface area contributed by atoms with Crippen molar-refractivity contribution in [1.82, 2.24) is 5.32 Å². The van der Waals surface area contributed by atoms with Gasteiger partial charge in [-0.3, -0.25) is 0 Å². The van der Waals surface area contributed by atoms with Gasteiger partial charge < -0.3 is 10.4 Å². The number of nitrogens with one attached hydrogen (secondary N) is 1. The summed E-state index contributed by atoms with van der Waals surface area (Å²) in [5.41, 5.74) is 1.41. The Kier molecular flexibility index (Phi) is 9.01. The molecule has 0 heterocycles. The van der Waals surface area contributed by atoms with Crippen molar-refractivity contribution in [1.29, 1.82) is 0 Å². The van der Waals surface area contributed by atoms with Gasteiger partial charge in [-0.1, -0.05) is 56.2 Å². The van der Waals surface area contributed by atoms with Crippen molar-refractivity contribution in [2.45, 2.75) is 51.0 Å². The fourth-order valence-corrected chi connectivity index (χ4v) is 2.66. The number of rotatable bonds is 11. The van der Waals surface area contributed by atoms with E-state index >= 15 is 0 Å². The number of benzene rings is 1. The molecule has 112 valence electrons. The number of aliphatic hydroxyl groups is 1. The quantitative estimate of drug-likeness (QED) is 0.474. The molecular weight excluding hydrogens is 246 g/mol. The first-order valence-electron chi connectivity index (χ1n) is 7.83. The van der Waals surface area contributed by atoms with E-state index in [1.165, 1.54) is 24.8 Å². The van der Waals surface area contributed by atoms with Crippen LogP contribution in [0.4, 0.5) is 0 Å². The summed E-state index contributed by atoms with van der Waals surface area (Å²) in [5.74, 6) is 0.521. The second kappa shape index (κ2) is 10.6. The highest BCUT2D eigenvalue weighted by atomic mass is 16.3. The molecule has 2 atom stereocenters. The molecule has 0 saturated carbocycles. The van der Waals surface area contributed by atoms with Gasteiger partial charge in [0.05, 0.1) is 0 Å². The molecule has 20 heavy (non-hydrogen) atoms. The average molecular weight is 275 g/mol. The van der Waals surface area contributed by atoms with Crippen LogP contribution < -0.4 is 5.32 Å². The Hall–Kier alpha value is -1.12. The Morgan fingerprint density at radius 3 is 2.60 bits per heavy atom. The lowest BCUT2D eigenvalue weighted by Gasteiger charge is -2.28. The molecule has 0 aliphatic carbocycles. The third kappa shape index (κ3) is 5.89. The number of unbranched alkanes of at least 4 members (excludes halogenated alkanes) is 1. The summed E-state index contributed by atoms with van der Waals surface area (Å²) in [6.07, 6.45) is 7.44. The van der Waals surface area contributed by atoms with Gasteiger partial charge >= 0.3 is 0 Å². The first-order chi connectivity index (χ1) is 9.83. The molecule has 0 aliphatic heterocycles. The second-order valence-electron chi connectivity index (χ2n) is 5.32. The maximum Gasteiger partial charge on any atom is 0.0443 e. The largest absolute Gasteiger partial charge is 0.396 e.